The number of fused-ring (bicyclic) bond motifs is 2. The van der Waals surface area contributed by atoms with Crippen molar-refractivity contribution >= 4 is 56.6 Å². The normalized spacial score (nSPS) is 11.1. The first-order valence-electron chi connectivity index (χ1n) is 15.5. The summed E-state index contributed by atoms with van der Waals surface area (Å²) in [5.41, 5.74) is 9.46. The first kappa shape index (κ1) is 30.2. The van der Waals surface area contributed by atoms with Crippen molar-refractivity contribution in [2.75, 3.05) is 48.6 Å². The molecule has 0 aliphatic rings. The van der Waals surface area contributed by atoms with Crippen molar-refractivity contribution in [2.24, 2.45) is 0 Å². The van der Waals surface area contributed by atoms with Gasteiger partial charge in [-0.05, 0) is 109 Å². The van der Waals surface area contributed by atoms with E-state index < -0.39 is 0 Å². The lowest BCUT2D eigenvalue weighted by Crippen LogP contribution is -2.13. The molecule has 2 heterocycles. The van der Waals surface area contributed by atoms with Gasteiger partial charge in [-0.1, -0.05) is 0 Å². The smallest absolute Gasteiger partial charge is 0.255 e. The molecule has 0 saturated heterocycles. The van der Waals surface area contributed by atoms with Crippen molar-refractivity contribution in [3.8, 4) is 22.8 Å². The highest BCUT2D eigenvalue weighted by Crippen LogP contribution is 2.26. The van der Waals surface area contributed by atoms with Gasteiger partial charge in [0.15, 0.2) is 0 Å². The van der Waals surface area contributed by atoms with E-state index in [1.54, 1.807) is 48.5 Å². The number of anilines is 4. The maximum absolute atomic E-state index is 13.1. The Morgan fingerprint density at radius 2 is 0.896 bits per heavy atom. The summed E-state index contributed by atoms with van der Waals surface area (Å²) < 4.78 is 0. The summed E-state index contributed by atoms with van der Waals surface area (Å²) in [6.45, 7) is 0. The van der Waals surface area contributed by atoms with Gasteiger partial charge in [0, 0.05) is 73.2 Å². The molecular formula is C38H34N8O2. The van der Waals surface area contributed by atoms with E-state index in [1.165, 1.54) is 0 Å². The number of hydrogen-bond donors (Lipinski definition) is 4. The summed E-state index contributed by atoms with van der Waals surface area (Å²) in [6.07, 6.45) is 0. The number of aromatic amines is 2. The molecule has 0 spiro atoms. The summed E-state index contributed by atoms with van der Waals surface area (Å²) in [5, 5.41) is 5.86. The molecule has 2 aromatic heterocycles. The van der Waals surface area contributed by atoms with Crippen LogP contribution >= 0.6 is 0 Å². The molecule has 2 amide bonds. The van der Waals surface area contributed by atoms with Crippen LogP contribution in [0, 0.1) is 0 Å². The molecule has 7 rings (SSSR count). The first-order valence-corrected chi connectivity index (χ1v) is 15.5. The summed E-state index contributed by atoms with van der Waals surface area (Å²) in [7, 11) is 8.00. The molecule has 7 aromatic rings. The Kier molecular flexibility index (Phi) is 7.82. The van der Waals surface area contributed by atoms with Crippen molar-refractivity contribution in [1.29, 1.82) is 0 Å². The first-order chi connectivity index (χ1) is 23.2. The highest BCUT2D eigenvalue weighted by Gasteiger charge is 2.13. The number of H-pyrrole nitrogens is 2. The lowest BCUT2D eigenvalue weighted by atomic mass is 10.1. The number of nitrogens with zero attached hydrogens (tertiary/aromatic N) is 4. The minimum atomic E-state index is -0.249. The zero-order chi connectivity index (χ0) is 33.4. The average Bonchev–Trinajstić information content (AvgIpc) is 3.73. The van der Waals surface area contributed by atoms with Crippen molar-refractivity contribution < 1.29 is 9.59 Å². The van der Waals surface area contributed by atoms with E-state index in [0.29, 0.717) is 22.5 Å². The second-order valence-corrected chi connectivity index (χ2v) is 12.0. The van der Waals surface area contributed by atoms with Gasteiger partial charge in [-0.25, -0.2) is 9.97 Å². The lowest BCUT2D eigenvalue weighted by Gasteiger charge is -2.12. The number of aromatic nitrogens is 4. The van der Waals surface area contributed by atoms with Crippen LogP contribution in [0.5, 0.6) is 0 Å². The van der Waals surface area contributed by atoms with Crippen LogP contribution < -0.4 is 20.4 Å². The van der Waals surface area contributed by atoms with Crippen molar-refractivity contribution in [3.63, 3.8) is 0 Å². The molecule has 0 unspecified atom stereocenters. The third kappa shape index (κ3) is 6.19. The van der Waals surface area contributed by atoms with Gasteiger partial charge in [-0.3, -0.25) is 9.59 Å². The fraction of sp³-hybridized carbons (Fsp3) is 0.105. The van der Waals surface area contributed by atoms with Crippen LogP contribution in [0.4, 0.5) is 22.7 Å². The minimum Gasteiger partial charge on any atom is -0.378 e. The van der Waals surface area contributed by atoms with Gasteiger partial charge in [0.2, 0.25) is 0 Å². The molecule has 0 saturated carbocycles. The van der Waals surface area contributed by atoms with Crippen molar-refractivity contribution in [2.45, 2.75) is 0 Å². The third-order valence-electron chi connectivity index (χ3n) is 8.20. The second kappa shape index (κ2) is 12.4. The Morgan fingerprint density at radius 1 is 0.521 bits per heavy atom. The van der Waals surface area contributed by atoms with E-state index in [1.807, 2.05) is 98.7 Å². The van der Waals surface area contributed by atoms with E-state index in [9.17, 15) is 9.59 Å². The number of benzene rings is 5. The summed E-state index contributed by atoms with van der Waals surface area (Å²) in [5.74, 6) is 0.985. The quantitative estimate of drug-likeness (QED) is 0.138. The van der Waals surface area contributed by atoms with Gasteiger partial charge in [0.05, 0.1) is 22.1 Å². The molecule has 4 N–H and O–H groups in total. The Morgan fingerprint density at radius 3 is 1.25 bits per heavy atom. The molecule has 0 atom stereocenters. The monoisotopic (exact) mass is 634 g/mol. The standard InChI is InChI=1S/C38H34N8O2/c1-45(2)29-15-5-23(6-16-29)35-41-31-19-9-25(21-33(31)43-35)37(47)39-27-11-13-28(14-12-27)40-38(48)26-10-20-32-34(22-26)44-36(42-32)24-7-17-30(18-8-24)46(3)4/h5-22H,1-4H3,(H,39,47)(H,40,48)(H,41,43)(H,42,44). The number of imidazole rings is 2. The predicted octanol–water partition coefficient (Wildman–Crippen LogP) is 7.41. The molecule has 0 aliphatic carbocycles. The van der Waals surface area contributed by atoms with E-state index in [-0.39, 0.29) is 11.8 Å². The van der Waals surface area contributed by atoms with Crippen molar-refractivity contribution in [3.05, 3.63) is 120 Å². The van der Waals surface area contributed by atoms with Crippen LogP contribution in [0.25, 0.3) is 44.8 Å². The van der Waals surface area contributed by atoms with Crippen molar-refractivity contribution in [1.82, 2.24) is 19.9 Å². The zero-order valence-corrected chi connectivity index (χ0v) is 27.0. The maximum atomic E-state index is 13.1. The zero-order valence-electron chi connectivity index (χ0n) is 27.0. The second-order valence-electron chi connectivity index (χ2n) is 12.0. The van der Waals surface area contributed by atoms with Crippen LogP contribution in [-0.4, -0.2) is 59.9 Å². The van der Waals surface area contributed by atoms with E-state index >= 15 is 0 Å². The number of amides is 2. The number of carbonyl (C=O) groups excluding carboxylic acids is 2. The van der Waals surface area contributed by atoms with Gasteiger partial charge >= 0.3 is 0 Å². The highest BCUT2D eigenvalue weighted by atomic mass is 16.2. The highest BCUT2D eigenvalue weighted by molar-refractivity contribution is 6.07. The molecule has 0 bridgehead atoms. The topological polar surface area (TPSA) is 122 Å². The van der Waals surface area contributed by atoms with Crippen LogP contribution in [0.3, 0.4) is 0 Å². The Bertz CT molecular complexity index is 2100. The number of nitrogens with one attached hydrogen (secondary N) is 4. The van der Waals surface area contributed by atoms with Gasteiger partial charge in [-0.15, -0.1) is 0 Å². The molecule has 48 heavy (non-hydrogen) atoms. The molecular weight excluding hydrogens is 600 g/mol. The summed E-state index contributed by atoms with van der Waals surface area (Å²) in [6, 6.07) is 34.0. The molecule has 0 radical (unpaired) electrons. The van der Waals surface area contributed by atoms with E-state index in [2.05, 4.69) is 20.6 Å². The van der Waals surface area contributed by atoms with Crippen LogP contribution in [0.2, 0.25) is 0 Å². The van der Waals surface area contributed by atoms with Crippen LogP contribution in [0.15, 0.2) is 109 Å². The number of rotatable bonds is 8. The average molecular weight is 635 g/mol. The van der Waals surface area contributed by atoms with E-state index in [0.717, 1.165) is 56.2 Å². The van der Waals surface area contributed by atoms with Crippen LogP contribution in [0.1, 0.15) is 20.7 Å². The van der Waals surface area contributed by atoms with Gasteiger partial charge in [0.1, 0.15) is 11.6 Å². The maximum Gasteiger partial charge on any atom is 0.255 e. The Balaban J connectivity index is 0.993. The number of hydrogen-bond acceptors (Lipinski definition) is 6. The SMILES string of the molecule is CN(C)c1ccc(-c2nc3ccc(C(=O)Nc4ccc(NC(=O)c5ccc6nc(-c7ccc(N(C)C)cc7)[nH]c6c5)cc4)cc3[nH]2)cc1. The fourth-order valence-corrected chi connectivity index (χ4v) is 5.45. The Labute approximate surface area is 277 Å². The largest absolute Gasteiger partial charge is 0.378 e. The molecule has 10 nitrogen and oxygen atoms in total. The molecule has 0 aliphatic heterocycles. The number of carbonyl (C=O) groups is 2. The van der Waals surface area contributed by atoms with Crippen LogP contribution in [-0.2, 0) is 0 Å². The van der Waals surface area contributed by atoms with E-state index in [4.69, 9.17) is 9.97 Å². The summed E-state index contributed by atoms with van der Waals surface area (Å²) >= 11 is 0. The molecule has 5 aromatic carbocycles. The molecule has 0 fully saturated rings. The van der Waals surface area contributed by atoms with Gasteiger partial charge in [-0.2, -0.15) is 0 Å². The Hall–Kier alpha value is -6.42. The van der Waals surface area contributed by atoms with Gasteiger partial charge in [0.25, 0.3) is 11.8 Å². The molecule has 238 valence electrons. The third-order valence-corrected chi connectivity index (χ3v) is 8.20. The molecule has 10 heteroatoms. The predicted molar refractivity (Wildman–Crippen MR) is 194 cm³/mol. The fourth-order valence-electron chi connectivity index (χ4n) is 5.45. The lowest BCUT2D eigenvalue weighted by molar-refractivity contribution is 0.101. The minimum absolute atomic E-state index is 0.249. The van der Waals surface area contributed by atoms with Gasteiger partial charge < -0.3 is 30.4 Å². The summed E-state index contributed by atoms with van der Waals surface area (Å²) in [4.78, 5) is 46.3.